The number of halogens is 1. The summed E-state index contributed by atoms with van der Waals surface area (Å²) in [6.07, 6.45) is 5.58. The minimum absolute atomic E-state index is 0.00138. The van der Waals surface area contributed by atoms with E-state index < -0.39 is 0 Å². The van der Waals surface area contributed by atoms with E-state index >= 15 is 0 Å². The molecule has 0 N–H and O–H groups in total. The van der Waals surface area contributed by atoms with E-state index in [-0.39, 0.29) is 18.2 Å². The molecule has 1 saturated heterocycles. The van der Waals surface area contributed by atoms with Crippen molar-refractivity contribution in [2.75, 3.05) is 13.1 Å². The van der Waals surface area contributed by atoms with Gasteiger partial charge in [0.1, 0.15) is 0 Å². The van der Waals surface area contributed by atoms with Gasteiger partial charge in [-0.1, -0.05) is 21.9 Å². The highest BCUT2D eigenvalue weighted by molar-refractivity contribution is 6.30. The number of likely N-dealkylation sites (tertiary alicyclic amines) is 1. The lowest BCUT2D eigenvalue weighted by Crippen LogP contribution is -2.39. The predicted molar refractivity (Wildman–Crippen MR) is 117 cm³/mol. The standard InChI is InChI=1S/C22H20ClN7O3/c23-16-6-4-14(5-7-16)19-27-22(33-28-19)15-3-1-12-30(13-15)18(31)9-8-17-26-21(29-32-17)20-24-10-2-11-25-20/h2,4-7,10-11,15H,1,3,8-9,12-13H2. The van der Waals surface area contributed by atoms with Crippen LogP contribution >= 0.6 is 11.6 Å². The first-order chi connectivity index (χ1) is 16.2. The van der Waals surface area contributed by atoms with Gasteiger partial charge in [-0.3, -0.25) is 4.79 Å². The maximum atomic E-state index is 12.8. The molecule has 1 aromatic carbocycles. The van der Waals surface area contributed by atoms with Crippen LogP contribution in [0, 0.1) is 0 Å². The lowest BCUT2D eigenvalue weighted by molar-refractivity contribution is -0.132. The van der Waals surface area contributed by atoms with E-state index in [1.54, 1.807) is 30.6 Å². The van der Waals surface area contributed by atoms with Crippen LogP contribution in [-0.4, -0.2) is 54.1 Å². The number of piperidine rings is 1. The molecule has 1 atom stereocenters. The van der Waals surface area contributed by atoms with Crippen molar-refractivity contribution >= 4 is 17.5 Å². The summed E-state index contributed by atoms with van der Waals surface area (Å²) >= 11 is 5.95. The van der Waals surface area contributed by atoms with Crippen LogP contribution in [0.5, 0.6) is 0 Å². The SMILES string of the molecule is O=C(CCc1nc(-c2ncccn2)no1)N1CCCC(c2nc(-c3ccc(Cl)cc3)no2)C1. The van der Waals surface area contributed by atoms with Gasteiger partial charge in [-0.2, -0.15) is 9.97 Å². The number of carbonyl (C=O) groups excluding carboxylic acids is 1. The quantitative estimate of drug-likeness (QED) is 0.420. The summed E-state index contributed by atoms with van der Waals surface area (Å²) in [5.74, 6) is 2.15. The van der Waals surface area contributed by atoms with Crippen molar-refractivity contribution in [1.29, 1.82) is 0 Å². The Morgan fingerprint density at radius 1 is 1.03 bits per heavy atom. The Morgan fingerprint density at radius 2 is 1.82 bits per heavy atom. The predicted octanol–water partition coefficient (Wildman–Crippen LogP) is 3.57. The number of benzene rings is 1. The molecule has 0 aliphatic carbocycles. The van der Waals surface area contributed by atoms with Gasteiger partial charge >= 0.3 is 0 Å². The molecule has 1 fully saturated rings. The minimum Gasteiger partial charge on any atom is -0.342 e. The van der Waals surface area contributed by atoms with Crippen molar-refractivity contribution in [2.24, 2.45) is 0 Å². The molecule has 10 nitrogen and oxygen atoms in total. The van der Waals surface area contributed by atoms with Gasteiger partial charge in [-0.15, -0.1) is 0 Å². The summed E-state index contributed by atoms with van der Waals surface area (Å²) in [6, 6.07) is 8.98. The molecule has 1 amide bonds. The van der Waals surface area contributed by atoms with E-state index in [2.05, 4.69) is 30.2 Å². The Balaban J connectivity index is 1.18. The zero-order chi connectivity index (χ0) is 22.6. The van der Waals surface area contributed by atoms with E-state index in [1.807, 2.05) is 17.0 Å². The number of aromatic nitrogens is 6. The molecule has 0 bridgehead atoms. The topological polar surface area (TPSA) is 124 Å². The number of nitrogens with zero attached hydrogens (tertiary/aromatic N) is 7. The molecule has 11 heteroatoms. The number of carbonyl (C=O) groups is 1. The molecule has 0 spiro atoms. The molecule has 1 aliphatic rings. The lowest BCUT2D eigenvalue weighted by atomic mass is 9.97. The van der Waals surface area contributed by atoms with Gasteiger partial charge in [0.25, 0.3) is 0 Å². The van der Waals surface area contributed by atoms with Crippen LogP contribution in [0.1, 0.15) is 37.0 Å². The van der Waals surface area contributed by atoms with Crippen LogP contribution < -0.4 is 0 Å². The third-order valence-corrected chi connectivity index (χ3v) is 5.71. The van der Waals surface area contributed by atoms with Gasteiger partial charge in [0.05, 0.1) is 5.92 Å². The highest BCUT2D eigenvalue weighted by Gasteiger charge is 2.29. The second-order valence-electron chi connectivity index (χ2n) is 7.73. The fourth-order valence-corrected chi connectivity index (χ4v) is 3.88. The minimum atomic E-state index is 0.00138. The molecule has 5 rings (SSSR count). The summed E-state index contributed by atoms with van der Waals surface area (Å²) in [4.78, 5) is 31.7. The summed E-state index contributed by atoms with van der Waals surface area (Å²) in [5, 5.41) is 8.63. The molecule has 1 aliphatic heterocycles. The Labute approximate surface area is 194 Å². The molecule has 0 radical (unpaired) electrons. The number of amides is 1. The van der Waals surface area contributed by atoms with E-state index in [1.165, 1.54) is 0 Å². The van der Waals surface area contributed by atoms with Crippen LogP contribution in [0.4, 0.5) is 0 Å². The summed E-state index contributed by atoms with van der Waals surface area (Å²) in [6.45, 7) is 1.23. The average molecular weight is 466 g/mol. The largest absolute Gasteiger partial charge is 0.342 e. The fourth-order valence-electron chi connectivity index (χ4n) is 3.76. The molecule has 0 saturated carbocycles. The highest BCUT2D eigenvalue weighted by atomic mass is 35.5. The highest BCUT2D eigenvalue weighted by Crippen LogP contribution is 2.28. The summed E-state index contributed by atoms with van der Waals surface area (Å²) < 4.78 is 10.8. The van der Waals surface area contributed by atoms with E-state index in [0.717, 1.165) is 18.4 Å². The Bertz CT molecular complexity index is 1230. The molecule has 168 valence electrons. The van der Waals surface area contributed by atoms with Gasteiger partial charge in [-0.05, 0) is 43.2 Å². The second kappa shape index (κ2) is 9.45. The van der Waals surface area contributed by atoms with Crippen LogP contribution in [0.3, 0.4) is 0 Å². The summed E-state index contributed by atoms with van der Waals surface area (Å²) in [5.41, 5.74) is 0.831. The third kappa shape index (κ3) is 4.90. The lowest BCUT2D eigenvalue weighted by Gasteiger charge is -2.31. The Kier molecular flexibility index (Phi) is 6.07. The molecule has 4 heterocycles. The molecule has 1 unspecified atom stereocenters. The van der Waals surface area contributed by atoms with Crippen LogP contribution in [0.15, 0.2) is 51.8 Å². The van der Waals surface area contributed by atoms with E-state index in [0.29, 0.717) is 53.8 Å². The first kappa shape index (κ1) is 21.2. The van der Waals surface area contributed by atoms with Crippen LogP contribution in [-0.2, 0) is 11.2 Å². The van der Waals surface area contributed by atoms with Crippen molar-refractivity contribution in [1.82, 2.24) is 35.1 Å². The first-order valence-electron chi connectivity index (χ1n) is 10.6. The number of hydrogen-bond acceptors (Lipinski definition) is 9. The second-order valence-corrected chi connectivity index (χ2v) is 8.16. The number of aryl methyl sites for hydroxylation is 1. The molecule has 3 aromatic heterocycles. The first-order valence-corrected chi connectivity index (χ1v) is 11.0. The maximum absolute atomic E-state index is 12.8. The summed E-state index contributed by atoms with van der Waals surface area (Å²) in [7, 11) is 0. The van der Waals surface area contributed by atoms with Gasteiger partial charge in [0.2, 0.25) is 35.2 Å². The maximum Gasteiger partial charge on any atom is 0.240 e. The van der Waals surface area contributed by atoms with Crippen molar-refractivity contribution in [3.05, 3.63) is 59.5 Å². The van der Waals surface area contributed by atoms with Crippen molar-refractivity contribution in [2.45, 2.75) is 31.6 Å². The Morgan fingerprint density at radius 3 is 2.64 bits per heavy atom. The average Bonchev–Trinajstić information content (AvgIpc) is 3.54. The normalized spacial score (nSPS) is 16.2. The van der Waals surface area contributed by atoms with Crippen molar-refractivity contribution < 1.29 is 13.8 Å². The van der Waals surface area contributed by atoms with Crippen molar-refractivity contribution in [3.8, 4) is 23.0 Å². The molecular formula is C22H20ClN7O3. The van der Waals surface area contributed by atoms with E-state index in [9.17, 15) is 4.79 Å². The van der Waals surface area contributed by atoms with Gasteiger partial charge < -0.3 is 13.9 Å². The zero-order valence-electron chi connectivity index (χ0n) is 17.6. The van der Waals surface area contributed by atoms with E-state index in [4.69, 9.17) is 20.6 Å². The fraction of sp³-hybridized carbons (Fsp3) is 0.318. The van der Waals surface area contributed by atoms with Gasteiger partial charge in [-0.25, -0.2) is 9.97 Å². The third-order valence-electron chi connectivity index (χ3n) is 5.45. The Hall–Kier alpha value is -3.66. The van der Waals surface area contributed by atoms with Gasteiger partial charge in [0, 0.05) is 48.9 Å². The smallest absolute Gasteiger partial charge is 0.240 e. The number of hydrogen-bond donors (Lipinski definition) is 0. The van der Waals surface area contributed by atoms with Crippen LogP contribution in [0.25, 0.3) is 23.0 Å². The molecule has 33 heavy (non-hydrogen) atoms. The number of rotatable bonds is 6. The van der Waals surface area contributed by atoms with Crippen molar-refractivity contribution in [3.63, 3.8) is 0 Å². The zero-order valence-corrected chi connectivity index (χ0v) is 18.4. The van der Waals surface area contributed by atoms with Crippen LogP contribution in [0.2, 0.25) is 5.02 Å². The molecular weight excluding hydrogens is 446 g/mol. The van der Waals surface area contributed by atoms with Gasteiger partial charge in [0.15, 0.2) is 0 Å². The monoisotopic (exact) mass is 465 g/mol. The molecule has 4 aromatic rings.